The zero-order valence-electron chi connectivity index (χ0n) is 13.3. The van der Waals surface area contributed by atoms with Crippen molar-refractivity contribution in [2.75, 3.05) is 13.6 Å². The van der Waals surface area contributed by atoms with E-state index in [-0.39, 0.29) is 5.54 Å². The molecule has 2 N–H and O–H groups in total. The lowest BCUT2D eigenvalue weighted by atomic mass is 9.67. The maximum atomic E-state index is 6.30. The standard InChI is InChI=1S/C17H34N2/c1-14-9-8-12-17(13-18,15(14)2)19(3)16-10-6-4-5-7-11-16/h14-16H,4-13,18H2,1-3H3. The topological polar surface area (TPSA) is 29.3 Å². The van der Waals surface area contributed by atoms with E-state index in [2.05, 4.69) is 25.8 Å². The highest BCUT2D eigenvalue weighted by Gasteiger charge is 2.45. The van der Waals surface area contributed by atoms with E-state index in [4.69, 9.17) is 5.73 Å². The molecule has 112 valence electrons. The summed E-state index contributed by atoms with van der Waals surface area (Å²) in [5, 5.41) is 0. The zero-order valence-corrected chi connectivity index (χ0v) is 13.3. The minimum absolute atomic E-state index is 0.271. The van der Waals surface area contributed by atoms with E-state index in [0.29, 0.717) is 0 Å². The maximum Gasteiger partial charge on any atom is 0.0359 e. The summed E-state index contributed by atoms with van der Waals surface area (Å²) in [5.74, 6) is 1.56. The van der Waals surface area contributed by atoms with Gasteiger partial charge in [-0.2, -0.15) is 0 Å². The first-order valence-corrected chi connectivity index (χ1v) is 8.55. The lowest BCUT2D eigenvalue weighted by Crippen LogP contribution is -2.62. The van der Waals surface area contributed by atoms with E-state index < -0.39 is 0 Å². The lowest BCUT2D eigenvalue weighted by molar-refractivity contribution is -0.0236. The first-order valence-electron chi connectivity index (χ1n) is 8.55. The summed E-state index contributed by atoms with van der Waals surface area (Å²) < 4.78 is 0. The van der Waals surface area contributed by atoms with E-state index in [9.17, 15) is 0 Å². The van der Waals surface area contributed by atoms with Crippen LogP contribution in [0.3, 0.4) is 0 Å². The van der Waals surface area contributed by atoms with Gasteiger partial charge in [-0.1, -0.05) is 52.4 Å². The molecule has 2 aliphatic rings. The second-order valence-electron chi connectivity index (χ2n) is 7.22. The van der Waals surface area contributed by atoms with Gasteiger partial charge < -0.3 is 5.73 Å². The van der Waals surface area contributed by atoms with Crippen LogP contribution in [0.25, 0.3) is 0 Å². The van der Waals surface area contributed by atoms with E-state index >= 15 is 0 Å². The quantitative estimate of drug-likeness (QED) is 0.787. The maximum absolute atomic E-state index is 6.30. The van der Waals surface area contributed by atoms with Crippen LogP contribution in [0.1, 0.15) is 71.6 Å². The zero-order chi connectivity index (χ0) is 13.9. The second kappa shape index (κ2) is 6.58. The van der Waals surface area contributed by atoms with E-state index in [1.54, 1.807) is 0 Å². The smallest absolute Gasteiger partial charge is 0.0359 e. The molecule has 0 heterocycles. The Hall–Kier alpha value is -0.0800. The molecule has 2 fully saturated rings. The summed E-state index contributed by atoms with van der Waals surface area (Å²) in [6, 6.07) is 0.777. The molecule has 2 aliphatic carbocycles. The predicted molar refractivity (Wildman–Crippen MR) is 83.2 cm³/mol. The van der Waals surface area contributed by atoms with Crippen LogP contribution >= 0.6 is 0 Å². The normalized spacial score (nSPS) is 38.4. The summed E-state index contributed by atoms with van der Waals surface area (Å²) in [5.41, 5.74) is 6.57. The highest BCUT2D eigenvalue weighted by Crippen LogP contribution is 2.42. The van der Waals surface area contributed by atoms with Crippen molar-refractivity contribution in [1.82, 2.24) is 4.90 Å². The first-order chi connectivity index (χ1) is 9.12. The van der Waals surface area contributed by atoms with Crippen molar-refractivity contribution in [3.05, 3.63) is 0 Å². The highest BCUT2D eigenvalue weighted by molar-refractivity contribution is 5.01. The van der Waals surface area contributed by atoms with E-state index in [1.807, 2.05) is 0 Å². The van der Waals surface area contributed by atoms with Gasteiger partial charge in [0.2, 0.25) is 0 Å². The molecule has 0 aromatic heterocycles. The fourth-order valence-electron chi connectivity index (χ4n) is 4.68. The third kappa shape index (κ3) is 3.00. The van der Waals surface area contributed by atoms with Crippen LogP contribution in [0.15, 0.2) is 0 Å². The molecule has 0 spiro atoms. The van der Waals surface area contributed by atoms with Crippen molar-refractivity contribution in [3.63, 3.8) is 0 Å². The molecule has 0 bridgehead atoms. The molecule has 3 atom stereocenters. The van der Waals surface area contributed by atoms with Crippen LogP contribution in [0.2, 0.25) is 0 Å². The molecule has 0 aromatic rings. The Bertz CT molecular complexity index is 270. The Balaban J connectivity index is 2.14. The summed E-state index contributed by atoms with van der Waals surface area (Å²) >= 11 is 0. The number of rotatable bonds is 3. The molecule has 2 saturated carbocycles. The summed E-state index contributed by atoms with van der Waals surface area (Å²) in [6.07, 6.45) is 12.5. The second-order valence-corrected chi connectivity index (χ2v) is 7.22. The van der Waals surface area contributed by atoms with E-state index in [0.717, 1.165) is 24.4 Å². The largest absolute Gasteiger partial charge is 0.329 e. The third-order valence-corrected chi connectivity index (χ3v) is 6.40. The van der Waals surface area contributed by atoms with Crippen LogP contribution in [0, 0.1) is 11.8 Å². The minimum atomic E-state index is 0.271. The molecular weight excluding hydrogens is 232 g/mol. The molecule has 0 saturated heterocycles. The van der Waals surface area contributed by atoms with Crippen LogP contribution in [0.4, 0.5) is 0 Å². The molecular formula is C17H34N2. The fraction of sp³-hybridized carbons (Fsp3) is 1.00. The summed E-state index contributed by atoms with van der Waals surface area (Å²) in [6.45, 7) is 5.71. The van der Waals surface area contributed by atoms with Gasteiger partial charge in [0.15, 0.2) is 0 Å². The number of nitrogens with two attached hydrogens (primary N) is 1. The van der Waals surface area contributed by atoms with Gasteiger partial charge in [-0.3, -0.25) is 4.90 Å². The SMILES string of the molecule is CC1CCCC(CN)(N(C)C2CCCCCC2)C1C. The van der Waals surface area contributed by atoms with Crippen LogP contribution in [0.5, 0.6) is 0 Å². The number of hydrogen-bond acceptors (Lipinski definition) is 2. The van der Waals surface area contributed by atoms with Gasteiger partial charge in [0, 0.05) is 18.1 Å². The Morgan fingerprint density at radius 3 is 2.21 bits per heavy atom. The van der Waals surface area contributed by atoms with Crippen molar-refractivity contribution in [3.8, 4) is 0 Å². The Morgan fingerprint density at radius 2 is 1.63 bits per heavy atom. The fourth-order valence-corrected chi connectivity index (χ4v) is 4.68. The average Bonchev–Trinajstić information content (AvgIpc) is 2.70. The van der Waals surface area contributed by atoms with Crippen LogP contribution < -0.4 is 5.73 Å². The van der Waals surface area contributed by atoms with Crippen molar-refractivity contribution < 1.29 is 0 Å². The first kappa shape index (κ1) is 15.3. The Kier molecular flexibility index (Phi) is 5.30. The van der Waals surface area contributed by atoms with Crippen LogP contribution in [-0.4, -0.2) is 30.1 Å². The minimum Gasteiger partial charge on any atom is -0.329 e. The van der Waals surface area contributed by atoms with E-state index in [1.165, 1.54) is 57.8 Å². The highest BCUT2D eigenvalue weighted by atomic mass is 15.2. The molecule has 0 aliphatic heterocycles. The van der Waals surface area contributed by atoms with Gasteiger partial charge in [0.1, 0.15) is 0 Å². The molecule has 0 radical (unpaired) electrons. The lowest BCUT2D eigenvalue weighted by Gasteiger charge is -2.53. The molecule has 2 heteroatoms. The number of likely N-dealkylation sites (N-methyl/N-ethyl adjacent to an activating group) is 1. The van der Waals surface area contributed by atoms with Gasteiger partial charge in [-0.15, -0.1) is 0 Å². The molecule has 0 amide bonds. The van der Waals surface area contributed by atoms with Crippen molar-refractivity contribution in [2.45, 2.75) is 83.2 Å². The predicted octanol–water partition coefficient (Wildman–Crippen LogP) is 3.79. The third-order valence-electron chi connectivity index (χ3n) is 6.40. The Labute approximate surface area is 120 Å². The average molecular weight is 266 g/mol. The Morgan fingerprint density at radius 1 is 1.00 bits per heavy atom. The van der Waals surface area contributed by atoms with Crippen molar-refractivity contribution in [1.29, 1.82) is 0 Å². The summed E-state index contributed by atoms with van der Waals surface area (Å²) in [7, 11) is 2.37. The van der Waals surface area contributed by atoms with Gasteiger partial charge in [-0.25, -0.2) is 0 Å². The van der Waals surface area contributed by atoms with Gasteiger partial charge in [-0.05, 0) is 38.1 Å². The van der Waals surface area contributed by atoms with Crippen molar-refractivity contribution in [2.24, 2.45) is 17.6 Å². The van der Waals surface area contributed by atoms with Crippen LogP contribution in [-0.2, 0) is 0 Å². The van der Waals surface area contributed by atoms with Gasteiger partial charge in [0.25, 0.3) is 0 Å². The van der Waals surface area contributed by atoms with Crippen molar-refractivity contribution >= 4 is 0 Å². The van der Waals surface area contributed by atoms with Gasteiger partial charge in [0.05, 0.1) is 0 Å². The van der Waals surface area contributed by atoms with Gasteiger partial charge >= 0.3 is 0 Å². The molecule has 2 nitrogen and oxygen atoms in total. The molecule has 0 aromatic carbocycles. The molecule has 19 heavy (non-hydrogen) atoms. The number of nitrogens with zero attached hydrogens (tertiary/aromatic N) is 1. The molecule has 3 unspecified atom stereocenters. The monoisotopic (exact) mass is 266 g/mol. The number of hydrogen-bond donors (Lipinski definition) is 1. The summed E-state index contributed by atoms with van der Waals surface area (Å²) in [4.78, 5) is 2.72. The molecule has 2 rings (SSSR count).